The normalized spacial score (nSPS) is 11.3. The molecule has 0 aromatic heterocycles. The fourth-order valence-corrected chi connectivity index (χ4v) is 2.31. The minimum atomic E-state index is -0.299. The molecule has 0 saturated heterocycles. The molecule has 0 fully saturated rings. The lowest BCUT2D eigenvalue weighted by atomic mass is 10.1. The van der Waals surface area contributed by atoms with E-state index in [2.05, 4.69) is 30.8 Å². The smallest absolute Gasteiger partial charge is 0.123 e. The summed E-state index contributed by atoms with van der Waals surface area (Å²) in [4.78, 5) is 4.74. The lowest BCUT2D eigenvalue weighted by Gasteiger charge is -2.22. The van der Waals surface area contributed by atoms with Crippen LogP contribution < -0.4 is 5.73 Å². The highest BCUT2D eigenvalue weighted by Gasteiger charge is 2.10. The highest BCUT2D eigenvalue weighted by molar-refractivity contribution is 7.80. The van der Waals surface area contributed by atoms with Crippen LogP contribution in [0.3, 0.4) is 0 Å². The molecule has 0 unspecified atom stereocenters. The standard InChI is InChI=1S/C15H24FN3S/c1-4-19(9-5-8-18(2)3)11-12-6-7-13(16)10-14(12)15(17)20/h6-7,10H,4-5,8-9,11H2,1-3H3,(H2,17,20). The minimum absolute atomic E-state index is 0.254. The van der Waals surface area contributed by atoms with Gasteiger partial charge in [0.15, 0.2) is 0 Å². The van der Waals surface area contributed by atoms with E-state index in [1.54, 1.807) is 6.07 Å². The number of thiocarbonyl (C=S) groups is 1. The Hall–Kier alpha value is -1.04. The molecule has 1 rings (SSSR count). The predicted octanol–water partition coefficient (Wildman–Crippen LogP) is 2.23. The van der Waals surface area contributed by atoms with Gasteiger partial charge in [0.25, 0.3) is 0 Å². The molecule has 20 heavy (non-hydrogen) atoms. The summed E-state index contributed by atoms with van der Waals surface area (Å²) in [6.45, 7) is 5.88. The van der Waals surface area contributed by atoms with Crippen molar-refractivity contribution in [1.29, 1.82) is 0 Å². The molecule has 0 atom stereocenters. The van der Waals surface area contributed by atoms with Crippen LogP contribution >= 0.6 is 12.2 Å². The summed E-state index contributed by atoms with van der Waals surface area (Å²) in [6.07, 6.45) is 1.10. The first kappa shape index (κ1) is 17.0. The van der Waals surface area contributed by atoms with Crippen LogP contribution in [0.4, 0.5) is 4.39 Å². The second-order valence-electron chi connectivity index (χ2n) is 5.19. The topological polar surface area (TPSA) is 32.5 Å². The molecule has 0 spiro atoms. The molecular formula is C15H24FN3S. The van der Waals surface area contributed by atoms with E-state index in [0.29, 0.717) is 5.56 Å². The first-order valence-corrected chi connectivity index (χ1v) is 7.30. The molecule has 0 radical (unpaired) electrons. The minimum Gasteiger partial charge on any atom is -0.389 e. The van der Waals surface area contributed by atoms with E-state index in [-0.39, 0.29) is 10.8 Å². The van der Waals surface area contributed by atoms with Crippen molar-refractivity contribution in [2.45, 2.75) is 19.9 Å². The summed E-state index contributed by atoms with van der Waals surface area (Å²) < 4.78 is 13.3. The molecule has 0 amide bonds. The largest absolute Gasteiger partial charge is 0.389 e. The van der Waals surface area contributed by atoms with Crippen LogP contribution in [0, 0.1) is 5.82 Å². The van der Waals surface area contributed by atoms with E-state index in [9.17, 15) is 4.39 Å². The van der Waals surface area contributed by atoms with Crippen LogP contribution in [0.2, 0.25) is 0 Å². The molecule has 1 aromatic carbocycles. The monoisotopic (exact) mass is 297 g/mol. The van der Waals surface area contributed by atoms with Crippen LogP contribution in [-0.4, -0.2) is 48.5 Å². The van der Waals surface area contributed by atoms with Gasteiger partial charge in [-0.2, -0.15) is 0 Å². The second kappa shape index (κ2) is 8.29. The Morgan fingerprint density at radius 1 is 1.30 bits per heavy atom. The first-order valence-electron chi connectivity index (χ1n) is 6.89. The van der Waals surface area contributed by atoms with Gasteiger partial charge < -0.3 is 10.6 Å². The number of hydrogen-bond donors (Lipinski definition) is 1. The van der Waals surface area contributed by atoms with Crippen molar-refractivity contribution in [2.24, 2.45) is 5.73 Å². The van der Waals surface area contributed by atoms with Gasteiger partial charge >= 0.3 is 0 Å². The molecule has 112 valence electrons. The summed E-state index contributed by atoms with van der Waals surface area (Å²) in [6, 6.07) is 4.66. The SMILES string of the molecule is CCN(CCCN(C)C)Cc1ccc(F)cc1C(N)=S. The average molecular weight is 297 g/mol. The van der Waals surface area contributed by atoms with Gasteiger partial charge in [0.1, 0.15) is 10.8 Å². The van der Waals surface area contributed by atoms with E-state index in [1.165, 1.54) is 12.1 Å². The van der Waals surface area contributed by atoms with Gasteiger partial charge in [-0.1, -0.05) is 25.2 Å². The number of hydrogen-bond acceptors (Lipinski definition) is 3. The molecule has 0 aliphatic rings. The zero-order valence-corrected chi connectivity index (χ0v) is 13.3. The van der Waals surface area contributed by atoms with E-state index < -0.39 is 0 Å². The van der Waals surface area contributed by atoms with Crippen molar-refractivity contribution in [1.82, 2.24) is 9.80 Å². The molecular weight excluding hydrogens is 273 g/mol. The third-order valence-corrected chi connectivity index (χ3v) is 3.48. The maximum Gasteiger partial charge on any atom is 0.123 e. The van der Waals surface area contributed by atoms with E-state index in [1.807, 2.05) is 0 Å². The number of nitrogens with zero attached hydrogens (tertiary/aromatic N) is 2. The Morgan fingerprint density at radius 2 is 2.00 bits per heavy atom. The zero-order valence-electron chi connectivity index (χ0n) is 12.5. The van der Waals surface area contributed by atoms with E-state index in [4.69, 9.17) is 18.0 Å². The van der Waals surface area contributed by atoms with E-state index in [0.717, 1.165) is 38.2 Å². The molecule has 1 aromatic rings. The van der Waals surface area contributed by atoms with Crippen molar-refractivity contribution in [2.75, 3.05) is 33.7 Å². The van der Waals surface area contributed by atoms with Crippen molar-refractivity contribution in [3.8, 4) is 0 Å². The summed E-state index contributed by atoms with van der Waals surface area (Å²) in [5.74, 6) is -0.299. The highest BCUT2D eigenvalue weighted by atomic mass is 32.1. The molecule has 0 aliphatic carbocycles. The maximum atomic E-state index is 13.3. The summed E-state index contributed by atoms with van der Waals surface area (Å²) in [7, 11) is 4.14. The van der Waals surface area contributed by atoms with Gasteiger partial charge in [-0.25, -0.2) is 4.39 Å². The van der Waals surface area contributed by atoms with Crippen LogP contribution in [0.25, 0.3) is 0 Å². The summed E-state index contributed by atoms with van der Waals surface area (Å²) >= 11 is 5.01. The van der Waals surface area contributed by atoms with Crippen LogP contribution in [0.1, 0.15) is 24.5 Å². The Labute approximate surface area is 126 Å². The number of nitrogens with two attached hydrogens (primary N) is 1. The Kier molecular flexibility index (Phi) is 7.05. The Balaban J connectivity index is 2.72. The van der Waals surface area contributed by atoms with Crippen molar-refractivity contribution in [3.05, 3.63) is 35.1 Å². The fourth-order valence-electron chi connectivity index (χ4n) is 2.12. The van der Waals surface area contributed by atoms with Crippen LogP contribution in [0.5, 0.6) is 0 Å². The van der Waals surface area contributed by atoms with Gasteiger partial charge in [0.2, 0.25) is 0 Å². The lowest BCUT2D eigenvalue weighted by molar-refractivity contribution is 0.259. The molecule has 3 nitrogen and oxygen atoms in total. The fraction of sp³-hybridized carbons (Fsp3) is 0.533. The van der Waals surface area contributed by atoms with Gasteiger partial charge in [-0.15, -0.1) is 0 Å². The van der Waals surface area contributed by atoms with E-state index >= 15 is 0 Å². The number of rotatable bonds is 8. The maximum absolute atomic E-state index is 13.3. The number of halogens is 1. The first-order chi connectivity index (χ1) is 9.43. The highest BCUT2D eigenvalue weighted by Crippen LogP contribution is 2.14. The van der Waals surface area contributed by atoms with Crippen LogP contribution in [0.15, 0.2) is 18.2 Å². The Morgan fingerprint density at radius 3 is 2.55 bits per heavy atom. The Bertz CT molecular complexity index is 449. The molecule has 0 bridgehead atoms. The summed E-state index contributed by atoms with van der Waals surface area (Å²) in [5, 5.41) is 0. The number of benzene rings is 1. The predicted molar refractivity (Wildman–Crippen MR) is 86.4 cm³/mol. The molecule has 0 heterocycles. The third kappa shape index (κ3) is 5.53. The van der Waals surface area contributed by atoms with Crippen LogP contribution in [-0.2, 0) is 6.54 Å². The van der Waals surface area contributed by atoms with Crippen molar-refractivity contribution < 1.29 is 4.39 Å². The molecule has 2 N–H and O–H groups in total. The van der Waals surface area contributed by atoms with Crippen molar-refractivity contribution in [3.63, 3.8) is 0 Å². The average Bonchev–Trinajstić information content (AvgIpc) is 2.38. The van der Waals surface area contributed by atoms with Gasteiger partial charge in [0, 0.05) is 12.1 Å². The summed E-state index contributed by atoms with van der Waals surface area (Å²) in [5.41, 5.74) is 7.32. The van der Waals surface area contributed by atoms with Gasteiger partial charge in [0.05, 0.1) is 0 Å². The molecule has 0 saturated carbocycles. The zero-order chi connectivity index (χ0) is 15.1. The van der Waals surface area contributed by atoms with Gasteiger partial charge in [-0.3, -0.25) is 4.90 Å². The molecule has 5 heteroatoms. The second-order valence-corrected chi connectivity index (χ2v) is 5.63. The molecule has 0 aliphatic heterocycles. The third-order valence-electron chi connectivity index (χ3n) is 3.26. The lowest BCUT2D eigenvalue weighted by Crippen LogP contribution is -2.28. The van der Waals surface area contributed by atoms with Gasteiger partial charge in [-0.05, 0) is 57.8 Å². The quantitative estimate of drug-likeness (QED) is 0.746. The van der Waals surface area contributed by atoms with Crippen molar-refractivity contribution >= 4 is 17.2 Å².